The molecule has 1 saturated heterocycles. The standard InChI is InChI=1S/C26H35N3O/c1-18-16-19(2)25-23(17-18)27-26(28-25)22-9-7-10-24(20(22)3)30-15-6-5-8-21-11-13-29(4)14-12-21/h7,9-10,16-17,21H,5-6,8,11-15H2,1-4H3,(H,27,28). The molecule has 0 bridgehead atoms. The molecular weight excluding hydrogens is 370 g/mol. The number of benzene rings is 2. The minimum absolute atomic E-state index is 0.787. The SMILES string of the molecule is Cc1cc(C)c2nc(-c3cccc(OCCCCC4CCN(C)CC4)c3C)[nH]c2c1. The number of rotatable bonds is 7. The number of likely N-dealkylation sites (tertiary alicyclic amines) is 1. The molecule has 2 heterocycles. The third-order valence-electron chi connectivity index (χ3n) is 6.56. The molecule has 4 heteroatoms. The van der Waals surface area contributed by atoms with E-state index in [-0.39, 0.29) is 0 Å². The molecule has 1 aliphatic rings. The number of hydrogen-bond donors (Lipinski definition) is 1. The molecule has 1 fully saturated rings. The van der Waals surface area contributed by atoms with Gasteiger partial charge < -0.3 is 14.6 Å². The van der Waals surface area contributed by atoms with E-state index >= 15 is 0 Å². The van der Waals surface area contributed by atoms with Gasteiger partial charge in [0.25, 0.3) is 0 Å². The fourth-order valence-electron chi connectivity index (χ4n) is 4.69. The van der Waals surface area contributed by atoms with E-state index in [0.29, 0.717) is 0 Å². The molecule has 1 N–H and O–H groups in total. The number of aromatic amines is 1. The van der Waals surface area contributed by atoms with Crippen molar-refractivity contribution in [2.75, 3.05) is 26.7 Å². The molecule has 2 aromatic carbocycles. The van der Waals surface area contributed by atoms with Crippen LogP contribution in [0.2, 0.25) is 0 Å². The predicted octanol–water partition coefficient (Wildman–Crippen LogP) is 6.05. The molecule has 0 atom stereocenters. The summed E-state index contributed by atoms with van der Waals surface area (Å²) in [7, 11) is 2.23. The molecular formula is C26H35N3O. The summed E-state index contributed by atoms with van der Waals surface area (Å²) in [6.07, 6.45) is 6.44. The Balaban J connectivity index is 1.37. The lowest BCUT2D eigenvalue weighted by molar-refractivity contribution is 0.206. The van der Waals surface area contributed by atoms with Crippen molar-refractivity contribution in [3.8, 4) is 17.1 Å². The molecule has 0 aliphatic carbocycles. The van der Waals surface area contributed by atoms with Crippen molar-refractivity contribution >= 4 is 11.0 Å². The number of unbranched alkanes of at least 4 members (excludes halogenated alkanes) is 1. The first-order valence-electron chi connectivity index (χ1n) is 11.4. The number of nitrogens with zero attached hydrogens (tertiary/aromatic N) is 2. The molecule has 0 radical (unpaired) electrons. The van der Waals surface area contributed by atoms with Gasteiger partial charge in [0.15, 0.2) is 0 Å². The van der Waals surface area contributed by atoms with Crippen LogP contribution in [0.25, 0.3) is 22.4 Å². The molecule has 0 unspecified atom stereocenters. The molecule has 0 amide bonds. The van der Waals surface area contributed by atoms with Crippen LogP contribution in [0, 0.1) is 26.7 Å². The second-order valence-electron chi connectivity index (χ2n) is 9.08. The van der Waals surface area contributed by atoms with Crippen molar-refractivity contribution in [3.63, 3.8) is 0 Å². The first kappa shape index (κ1) is 20.9. The Bertz CT molecular complexity index is 999. The number of aryl methyl sites for hydroxylation is 2. The van der Waals surface area contributed by atoms with Crippen molar-refractivity contribution in [1.82, 2.24) is 14.9 Å². The Labute approximate surface area is 180 Å². The molecule has 4 nitrogen and oxygen atoms in total. The van der Waals surface area contributed by atoms with Crippen LogP contribution >= 0.6 is 0 Å². The largest absolute Gasteiger partial charge is 0.493 e. The van der Waals surface area contributed by atoms with Gasteiger partial charge in [-0.3, -0.25) is 0 Å². The number of fused-ring (bicyclic) bond motifs is 1. The van der Waals surface area contributed by atoms with Crippen molar-refractivity contribution in [3.05, 3.63) is 47.0 Å². The summed E-state index contributed by atoms with van der Waals surface area (Å²) in [5.74, 6) is 2.80. The van der Waals surface area contributed by atoms with E-state index in [4.69, 9.17) is 9.72 Å². The highest BCUT2D eigenvalue weighted by molar-refractivity contribution is 5.83. The highest BCUT2D eigenvalue weighted by atomic mass is 16.5. The van der Waals surface area contributed by atoms with Crippen LogP contribution in [0.4, 0.5) is 0 Å². The van der Waals surface area contributed by atoms with Gasteiger partial charge in [0.1, 0.15) is 11.6 Å². The lowest BCUT2D eigenvalue weighted by Gasteiger charge is -2.28. The maximum atomic E-state index is 6.17. The van der Waals surface area contributed by atoms with Gasteiger partial charge in [-0.1, -0.05) is 24.6 Å². The number of ether oxygens (including phenoxy) is 1. The topological polar surface area (TPSA) is 41.1 Å². The third kappa shape index (κ3) is 4.70. The molecule has 3 aromatic rings. The van der Waals surface area contributed by atoms with Crippen LogP contribution in [-0.4, -0.2) is 41.6 Å². The Morgan fingerprint density at radius 1 is 1.10 bits per heavy atom. The maximum absolute atomic E-state index is 6.17. The van der Waals surface area contributed by atoms with Crippen LogP contribution in [0.1, 0.15) is 48.8 Å². The Morgan fingerprint density at radius 3 is 2.70 bits per heavy atom. The second kappa shape index (κ2) is 9.22. The summed E-state index contributed by atoms with van der Waals surface area (Å²) in [6, 6.07) is 10.6. The molecule has 1 aliphatic heterocycles. The van der Waals surface area contributed by atoms with Gasteiger partial charge >= 0.3 is 0 Å². The molecule has 160 valence electrons. The lowest BCUT2D eigenvalue weighted by Crippen LogP contribution is -2.30. The number of H-pyrrole nitrogens is 1. The number of nitrogens with one attached hydrogen (secondary N) is 1. The summed E-state index contributed by atoms with van der Waals surface area (Å²) in [6.45, 7) is 9.68. The Morgan fingerprint density at radius 2 is 1.90 bits per heavy atom. The summed E-state index contributed by atoms with van der Waals surface area (Å²) in [4.78, 5) is 10.8. The molecule has 1 aromatic heterocycles. The van der Waals surface area contributed by atoms with Crippen LogP contribution in [-0.2, 0) is 0 Å². The zero-order valence-corrected chi connectivity index (χ0v) is 18.9. The molecule has 0 spiro atoms. The fraction of sp³-hybridized carbons (Fsp3) is 0.500. The molecule has 4 rings (SSSR count). The van der Waals surface area contributed by atoms with E-state index in [0.717, 1.165) is 52.7 Å². The average Bonchev–Trinajstić information content (AvgIpc) is 3.14. The van der Waals surface area contributed by atoms with E-state index in [1.54, 1.807) is 0 Å². The van der Waals surface area contributed by atoms with Gasteiger partial charge in [-0.15, -0.1) is 0 Å². The van der Waals surface area contributed by atoms with Crippen molar-refractivity contribution in [2.45, 2.75) is 52.9 Å². The summed E-state index contributed by atoms with van der Waals surface area (Å²) in [5.41, 5.74) is 6.89. The van der Waals surface area contributed by atoms with Gasteiger partial charge in [0, 0.05) is 11.1 Å². The van der Waals surface area contributed by atoms with Crippen molar-refractivity contribution < 1.29 is 4.74 Å². The minimum Gasteiger partial charge on any atom is -0.493 e. The predicted molar refractivity (Wildman–Crippen MR) is 125 cm³/mol. The van der Waals surface area contributed by atoms with Gasteiger partial charge in [-0.2, -0.15) is 0 Å². The van der Waals surface area contributed by atoms with Crippen molar-refractivity contribution in [2.24, 2.45) is 5.92 Å². The minimum atomic E-state index is 0.787. The number of hydrogen-bond acceptors (Lipinski definition) is 3. The summed E-state index contributed by atoms with van der Waals surface area (Å²) in [5, 5.41) is 0. The van der Waals surface area contributed by atoms with Gasteiger partial charge in [0.2, 0.25) is 0 Å². The van der Waals surface area contributed by atoms with E-state index in [1.165, 1.54) is 49.9 Å². The first-order chi connectivity index (χ1) is 14.5. The van der Waals surface area contributed by atoms with E-state index < -0.39 is 0 Å². The smallest absolute Gasteiger partial charge is 0.138 e. The lowest BCUT2D eigenvalue weighted by atomic mass is 9.92. The average molecular weight is 406 g/mol. The van der Waals surface area contributed by atoms with Gasteiger partial charge in [-0.25, -0.2) is 4.98 Å². The number of piperidine rings is 1. The highest BCUT2D eigenvalue weighted by Gasteiger charge is 2.16. The molecule has 0 saturated carbocycles. The number of imidazole rings is 1. The van der Waals surface area contributed by atoms with E-state index in [1.807, 2.05) is 0 Å². The van der Waals surface area contributed by atoms with Gasteiger partial charge in [0.05, 0.1) is 17.6 Å². The summed E-state index contributed by atoms with van der Waals surface area (Å²) >= 11 is 0. The number of aromatic nitrogens is 2. The fourth-order valence-corrected chi connectivity index (χ4v) is 4.69. The van der Waals surface area contributed by atoms with Crippen LogP contribution < -0.4 is 4.74 Å². The first-order valence-corrected chi connectivity index (χ1v) is 11.4. The second-order valence-corrected chi connectivity index (χ2v) is 9.08. The van der Waals surface area contributed by atoms with E-state index in [9.17, 15) is 0 Å². The quantitative estimate of drug-likeness (QED) is 0.487. The van der Waals surface area contributed by atoms with Crippen LogP contribution in [0.15, 0.2) is 30.3 Å². The summed E-state index contributed by atoms with van der Waals surface area (Å²) < 4.78 is 6.17. The van der Waals surface area contributed by atoms with Crippen molar-refractivity contribution in [1.29, 1.82) is 0 Å². The highest BCUT2D eigenvalue weighted by Crippen LogP contribution is 2.31. The maximum Gasteiger partial charge on any atom is 0.138 e. The Hall–Kier alpha value is -2.33. The zero-order valence-electron chi connectivity index (χ0n) is 18.9. The third-order valence-corrected chi connectivity index (χ3v) is 6.56. The normalized spacial score (nSPS) is 15.7. The molecule has 30 heavy (non-hydrogen) atoms. The van der Waals surface area contributed by atoms with Crippen LogP contribution in [0.3, 0.4) is 0 Å². The van der Waals surface area contributed by atoms with Crippen LogP contribution in [0.5, 0.6) is 5.75 Å². The van der Waals surface area contributed by atoms with Gasteiger partial charge in [-0.05, 0) is 95.8 Å². The Kier molecular flexibility index (Phi) is 6.43. The van der Waals surface area contributed by atoms with E-state index in [2.05, 4.69) is 68.0 Å². The monoisotopic (exact) mass is 405 g/mol. The zero-order chi connectivity index (χ0) is 21.1.